The zero-order valence-corrected chi connectivity index (χ0v) is 18.3. The standard InChI is InChI=1S/C27H26N2O4/c1-2-33-25-15-9-20(10-16-25)26(28-23-11-13-24(14-12-23)29(31)32)18-27(30)22-8-7-19-5-3-4-6-21(19)17-22/h3-17,26-28,30H,2,18H2,1H3. The van der Waals surface area contributed by atoms with Gasteiger partial charge in [0.25, 0.3) is 5.69 Å². The van der Waals surface area contributed by atoms with E-state index in [2.05, 4.69) is 5.32 Å². The molecule has 0 bridgehead atoms. The lowest BCUT2D eigenvalue weighted by Crippen LogP contribution is -2.15. The van der Waals surface area contributed by atoms with Crippen LogP contribution in [0.5, 0.6) is 5.75 Å². The van der Waals surface area contributed by atoms with Crippen LogP contribution in [0.4, 0.5) is 11.4 Å². The Labute approximate surface area is 192 Å². The summed E-state index contributed by atoms with van der Waals surface area (Å²) in [6, 6.07) is 27.9. The van der Waals surface area contributed by atoms with Crippen molar-refractivity contribution in [2.75, 3.05) is 11.9 Å². The van der Waals surface area contributed by atoms with Crippen molar-refractivity contribution in [1.82, 2.24) is 0 Å². The van der Waals surface area contributed by atoms with E-state index in [0.717, 1.165) is 33.3 Å². The van der Waals surface area contributed by atoms with Crippen molar-refractivity contribution in [3.05, 3.63) is 112 Å². The molecule has 0 fully saturated rings. The molecule has 0 radical (unpaired) electrons. The normalized spacial score (nSPS) is 12.8. The highest BCUT2D eigenvalue weighted by Gasteiger charge is 2.19. The Kier molecular flexibility index (Phi) is 6.86. The van der Waals surface area contributed by atoms with E-state index < -0.39 is 11.0 Å². The molecule has 0 saturated carbocycles. The molecule has 4 aromatic carbocycles. The highest BCUT2D eigenvalue weighted by Crippen LogP contribution is 2.32. The quantitative estimate of drug-likeness (QED) is 0.231. The Morgan fingerprint density at radius 2 is 1.58 bits per heavy atom. The predicted octanol–water partition coefficient (Wildman–Crippen LogP) is 6.42. The zero-order valence-electron chi connectivity index (χ0n) is 18.3. The third kappa shape index (κ3) is 5.48. The summed E-state index contributed by atoms with van der Waals surface area (Å²) in [5.74, 6) is 0.783. The molecule has 0 aromatic heterocycles. The van der Waals surface area contributed by atoms with Gasteiger partial charge in [-0.25, -0.2) is 0 Å². The summed E-state index contributed by atoms with van der Waals surface area (Å²) in [4.78, 5) is 10.6. The number of anilines is 1. The molecular formula is C27H26N2O4. The van der Waals surface area contributed by atoms with Crippen molar-refractivity contribution in [2.45, 2.75) is 25.5 Å². The molecular weight excluding hydrogens is 416 g/mol. The first-order valence-electron chi connectivity index (χ1n) is 10.9. The number of non-ortho nitro benzene ring substituents is 1. The number of nitrogens with zero attached hydrogens (tertiary/aromatic N) is 1. The molecule has 2 unspecified atom stereocenters. The number of nitro benzene ring substituents is 1. The van der Waals surface area contributed by atoms with Crippen molar-refractivity contribution in [3.8, 4) is 5.75 Å². The van der Waals surface area contributed by atoms with E-state index in [0.29, 0.717) is 13.0 Å². The molecule has 6 heteroatoms. The van der Waals surface area contributed by atoms with Crippen LogP contribution in [0.25, 0.3) is 10.8 Å². The van der Waals surface area contributed by atoms with Crippen molar-refractivity contribution < 1.29 is 14.8 Å². The Morgan fingerprint density at radius 1 is 0.909 bits per heavy atom. The number of ether oxygens (including phenoxy) is 1. The first-order chi connectivity index (χ1) is 16.0. The molecule has 4 aromatic rings. The summed E-state index contributed by atoms with van der Waals surface area (Å²) in [7, 11) is 0. The van der Waals surface area contributed by atoms with Gasteiger partial charge in [-0.15, -0.1) is 0 Å². The Balaban J connectivity index is 1.59. The maximum absolute atomic E-state index is 11.1. The Bertz CT molecular complexity index is 1220. The minimum atomic E-state index is -0.697. The number of nitrogens with one attached hydrogen (secondary N) is 1. The van der Waals surface area contributed by atoms with E-state index in [1.165, 1.54) is 12.1 Å². The molecule has 0 aliphatic heterocycles. The lowest BCUT2D eigenvalue weighted by atomic mass is 9.95. The third-order valence-corrected chi connectivity index (χ3v) is 5.63. The second-order valence-electron chi connectivity index (χ2n) is 7.86. The van der Waals surface area contributed by atoms with Crippen molar-refractivity contribution >= 4 is 22.1 Å². The van der Waals surface area contributed by atoms with Gasteiger partial charge in [-0.3, -0.25) is 10.1 Å². The second kappa shape index (κ2) is 10.1. The van der Waals surface area contributed by atoms with Gasteiger partial charge in [0.05, 0.1) is 23.7 Å². The fourth-order valence-corrected chi connectivity index (χ4v) is 3.90. The highest BCUT2D eigenvalue weighted by molar-refractivity contribution is 5.83. The first kappa shape index (κ1) is 22.3. The maximum Gasteiger partial charge on any atom is 0.269 e. The van der Waals surface area contributed by atoms with Gasteiger partial charge in [0, 0.05) is 24.2 Å². The SMILES string of the molecule is CCOc1ccc(C(CC(O)c2ccc3ccccc3c2)Nc2ccc([N+](=O)[O-])cc2)cc1. The monoisotopic (exact) mass is 442 g/mol. The maximum atomic E-state index is 11.1. The Morgan fingerprint density at radius 3 is 2.24 bits per heavy atom. The summed E-state index contributed by atoms with van der Waals surface area (Å²) >= 11 is 0. The average Bonchev–Trinajstić information content (AvgIpc) is 2.84. The van der Waals surface area contributed by atoms with Crippen molar-refractivity contribution in [1.29, 1.82) is 0 Å². The van der Waals surface area contributed by atoms with Gasteiger partial charge >= 0.3 is 0 Å². The van der Waals surface area contributed by atoms with E-state index in [4.69, 9.17) is 4.74 Å². The number of fused-ring (bicyclic) bond motifs is 1. The lowest BCUT2D eigenvalue weighted by Gasteiger charge is -2.24. The third-order valence-electron chi connectivity index (χ3n) is 5.63. The fraction of sp³-hybridized carbons (Fsp3) is 0.185. The molecule has 0 heterocycles. The van der Waals surface area contributed by atoms with Gasteiger partial charge < -0.3 is 15.2 Å². The fourth-order valence-electron chi connectivity index (χ4n) is 3.90. The number of nitro groups is 1. The van der Waals surface area contributed by atoms with Gasteiger partial charge in [-0.2, -0.15) is 0 Å². The summed E-state index contributed by atoms with van der Waals surface area (Å²) < 4.78 is 5.55. The van der Waals surface area contributed by atoms with Crippen LogP contribution in [-0.4, -0.2) is 16.6 Å². The van der Waals surface area contributed by atoms with Gasteiger partial charge in [-0.05, 0) is 59.2 Å². The van der Waals surface area contributed by atoms with Crippen molar-refractivity contribution in [3.63, 3.8) is 0 Å². The van der Waals surface area contributed by atoms with E-state index in [1.807, 2.05) is 73.7 Å². The van der Waals surface area contributed by atoms with Crippen LogP contribution >= 0.6 is 0 Å². The molecule has 0 amide bonds. The predicted molar refractivity (Wildman–Crippen MR) is 131 cm³/mol. The van der Waals surface area contributed by atoms with E-state index in [9.17, 15) is 15.2 Å². The summed E-state index contributed by atoms with van der Waals surface area (Å²) in [5, 5.41) is 27.7. The molecule has 6 nitrogen and oxygen atoms in total. The Hall–Kier alpha value is -3.90. The second-order valence-corrected chi connectivity index (χ2v) is 7.86. The average molecular weight is 443 g/mol. The number of rotatable bonds is 9. The smallest absolute Gasteiger partial charge is 0.269 e. The zero-order chi connectivity index (χ0) is 23.2. The molecule has 2 N–H and O–H groups in total. The summed E-state index contributed by atoms with van der Waals surface area (Å²) in [5.41, 5.74) is 2.60. The molecule has 0 aliphatic carbocycles. The molecule has 4 rings (SSSR count). The van der Waals surface area contributed by atoms with E-state index in [-0.39, 0.29) is 11.7 Å². The van der Waals surface area contributed by atoms with Crippen LogP contribution < -0.4 is 10.1 Å². The van der Waals surface area contributed by atoms with Gasteiger partial charge in [0.1, 0.15) is 5.75 Å². The van der Waals surface area contributed by atoms with Crippen LogP contribution in [0.3, 0.4) is 0 Å². The molecule has 0 saturated heterocycles. The molecule has 0 aliphatic rings. The molecule has 33 heavy (non-hydrogen) atoms. The van der Waals surface area contributed by atoms with Crippen molar-refractivity contribution in [2.24, 2.45) is 0 Å². The number of benzene rings is 4. The van der Waals surface area contributed by atoms with Crippen LogP contribution in [0.1, 0.15) is 36.6 Å². The molecule has 0 spiro atoms. The number of hydrogen-bond acceptors (Lipinski definition) is 5. The highest BCUT2D eigenvalue weighted by atomic mass is 16.6. The van der Waals surface area contributed by atoms with Crippen LogP contribution in [0.2, 0.25) is 0 Å². The van der Waals surface area contributed by atoms with Crippen LogP contribution in [0, 0.1) is 10.1 Å². The molecule has 168 valence electrons. The van der Waals surface area contributed by atoms with Crippen LogP contribution in [0.15, 0.2) is 91.0 Å². The number of aliphatic hydroxyl groups excluding tert-OH is 1. The first-order valence-corrected chi connectivity index (χ1v) is 10.9. The number of hydrogen-bond donors (Lipinski definition) is 2. The summed E-state index contributed by atoms with van der Waals surface area (Å²) in [6.07, 6.45) is -0.278. The topological polar surface area (TPSA) is 84.6 Å². The number of aliphatic hydroxyl groups is 1. The summed E-state index contributed by atoms with van der Waals surface area (Å²) in [6.45, 7) is 2.53. The van der Waals surface area contributed by atoms with Crippen LogP contribution in [-0.2, 0) is 0 Å². The molecule has 2 atom stereocenters. The lowest BCUT2D eigenvalue weighted by molar-refractivity contribution is -0.384. The largest absolute Gasteiger partial charge is 0.494 e. The minimum absolute atomic E-state index is 0.0364. The minimum Gasteiger partial charge on any atom is -0.494 e. The van der Waals surface area contributed by atoms with Gasteiger partial charge in [-0.1, -0.05) is 48.5 Å². The van der Waals surface area contributed by atoms with Gasteiger partial charge in [0.2, 0.25) is 0 Å². The van der Waals surface area contributed by atoms with Gasteiger partial charge in [0.15, 0.2) is 0 Å². The van der Waals surface area contributed by atoms with E-state index in [1.54, 1.807) is 12.1 Å². The van der Waals surface area contributed by atoms with E-state index >= 15 is 0 Å².